The number of nitrogens with zero attached hydrogens (tertiary/aromatic N) is 5. The second-order valence-corrected chi connectivity index (χ2v) is 12.6. The Morgan fingerprint density at radius 3 is 2.43 bits per heavy atom. The monoisotopic (exact) mass is 664 g/mol. The van der Waals surface area contributed by atoms with Crippen LogP contribution in [0.4, 0.5) is 15.8 Å². The minimum atomic E-state index is -2.02. The summed E-state index contributed by atoms with van der Waals surface area (Å²) >= 11 is 13.4. The molecule has 0 aliphatic rings. The first kappa shape index (κ1) is 32.9. The van der Waals surface area contributed by atoms with E-state index in [1.807, 2.05) is 67.7 Å². The number of alkyl halides is 1. The van der Waals surface area contributed by atoms with E-state index in [0.29, 0.717) is 67.6 Å². The summed E-state index contributed by atoms with van der Waals surface area (Å²) in [5.74, 6) is 0.910. The van der Waals surface area contributed by atoms with Crippen LogP contribution in [0.15, 0.2) is 48.5 Å². The van der Waals surface area contributed by atoms with Gasteiger partial charge in [0.05, 0.1) is 33.9 Å². The smallest absolute Gasteiger partial charge is 0.257 e. The Hall–Kier alpha value is -4.48. The molecule has 0 saturated heterocycles. The van der Waals surface area contributed by atoms with E-state index in [-0.39, 0.29) is 18.9 Å². The molecule has 0 spiro atoms. The fraction of sp³-hybridized carbons (Fsp3) is 0.303. The van der Waals surface area contributed by atoms with Gasteiger partial charge in [0, 0.05) is 37.8 Å². The Morgan fingerprint density at radius 1 is 1.07 bits per heavy atom. The average Bonchev–Trinajstić information content (AvgIpc) is 3.55. The Bertz CT molecular complexity index is 1930. The van der Waals surface area contributed by atoms with Crippen LogP contribution in [0.2, 0.25) is 10.0 Å². The first-order valence-electron chi connectivity index (χ1n) is 14.6. The summed E-state index contributed by atoms with van der Waals surface area (Å²) in [5, 5.41) is 13.5. The fourth-order valence-electron chi connectivity index (χ4n) is 5.01. The molecule has 2 aromatic heterocycles. The van der Waals surface area contributed by atoms with E-state index < -0.39 is 11.6 Å². The molecule has 3 N–H and O–H groups in total. The highest BCUT2D eigenvalue weighted by atomic mass is 35.5. The Labute approximate surface area is 276 Å². The number of benzene rings is 3. The van der Waals surface area contributed by atoms with E-state index in [1.54, 1.807) is 18.2 Å². The molecule has 13 heteroatoms. The molecule has 0 atom stereocenters. The topological polar surface area (TPSA) is 121 Å². The van der Waals surface area contributed by atoms with Gasteiger partial charge in [-0.2, -0.15) is 5.10 Å². The summed E-state index contributed by atoms with van der Waals surface area (Å²) in [5.41, 5.74) is 3.43. The molecule has 0 aliphatic carbocycles. The van der Waals surface area contributed by atoms with Gasteiger partial charge >= 0.3 is 0 Å². The Balaban J connectivity index is 1.51. The molecule has 0 fully saturated rings. The number of rotatable bonds is 10. The third-order valence-electron chi connectivity index (χ3n) is 7.66. The van der Waals surface area contributed by atoms with Crippen molar-refractivity contribution in [3.63, 3.8) is 0 Å². The predicted octanol–water partition coefficient (Wildman–Crippen LogP) is 6.46. The molecule has 0 bridgehead atoms. The molecule has 3 aromatic carbocycles. The van der Waals surface area contributed by atoms with Crippen LogP contribution in [0.1, 0.15) is 58.4 Å². The lowest BCUT2D eigenvalue weighted by Crippen LogP contribution is -2.38. The molecule has 5 rings (SSSR count). The molecule has 240 valence electrons. The molecule has 0 aliphatic heterocycles. The van der Waals surface area contributed by atoms with Crippen molar-refractivity contribution in [1.29, 1.82) is 0 Å². The number of anilines is 2. The van der Waals surface area contributed by atoms with Gasteiger partial charge in [-0.05, 0) is 69.2 Å². The van der Waals surface area contributed by atoms with Crippen LogP contribution < -0.4 is 15.5 Å². The number of hydrogen-bond donors (Lipinski definition) is 3. The maximum atomic E-state index is 14.0. The number of aromatic nitrogens is 5. The van der Waals surface area contributed by atoms with Crippen molar-refractivity contribution in [3.8, 4) is 0 Å². The molecule has 46 heavy (non-hydrogen) atoms. The van der Waals surface area contributed by atoms with Crippen molar-refractivity contribution in [2.24, 2.45) is 7.05 Å². The van der Waals surface area contributed by atoms with Gasteiger partial charge in [0.25, 0.3) is 11.8 Å². The highest BCUT2D eigenvalue weighted by Gasteiger charge is 2.27. The number of carbonyl (C=O) groups excluding carboxylic acids is 2. The number of amides is 2. The van der Waals surface area contributed by atoms with Crippen LogP contribution in [-0.2, 0) is 31.4 Å². The van der Waals surface area contributed by atoms with Gasteiger partial charge in [0.15, 0.2) is 11.5 Å². The highest BCUT2D eigenvalue weighted by molar-refractivity contribution is 6.36. The molecule has 10 nitrogen and oxygen atoms in total. The average molecular weight is 666 g/mol. The van der Waals surface area contributed by atoms with Crippen LogP contribution in [0.5, 0.6) is 0 Å². The summed E-state index contributed by atoms with van der Waals surface area (Å²) in [6, 6.07) is 14.7. The third kappa shape index (κ3) is 7.16. The number of fused-ring (bicyclic) bond motifs is 1. The van der Waals surface area contributed by atoms with Crippen molar-refractivity contribution in [2.75, 3.05) is 17.3 Å². The van der Waals surface area contributed by atoms with Crippen molar-refractivity contribution >= 4 is 57.4 Å². The summed E-state index contributed by atoms with van der Waals surface area (Å²) in [6.07, 6.45) is 0.270. The van der Waals surface area contributed by atoms with Crippen molar-refractivity contribution in [3.05, 3.63) is 98.3 Å². The van der Waals surface area contributed by atoms with E-state index in [0.717, 1.165) is 11.1 Å². The highest BCUT2D eigenvalue weighted by Crippen LogP contribution is 2.33. The number of imidazole rings is 1. The zero-order valence-corrected chi connectivity index (χ0v) is 27.9. The van der Waals surface area contributed by atoms with E-state index in [9.17, 15) is 14.0 Å². The first-order chi connectivity index (χ1) is 21.7. The quantitative estimate of drug-likeness (QED) is 0.158. The standard InChI is InChI=1S/C33H35Cl2FN8O2/c1-18-7-10-21(11-8-18)39-31(45)23-13-25-27(15-26(23)43(5)17-28-38-19(2)41-42-28)44(6)29(40-25)14-22-24(34)12-9-20(30(22)35)16-37-32(46)33(3,4)36/h7-13,15H,14,16-17H2,1-6H3,(H,37,46)(H,39,45)(H,38,41,42). The number of aromatic amines is 1. The van der Waals surface area contributed by atoms with Gasteiger partial charge < -0.3 is 20.1 Å². The number of nitrogens with one attached hydrogen (secondary N) is 3. The van der Waals surface area contributed by atoms with Crippen LogP contribution >= 0.6 is 23.2 Å². The molecule has 2 heterocycles. The molecule has 5 aromatic rings. The first-order valence-corrected chi connectivity index (χ1v) is 15.4. The molecular weight excluding hydrogens is 630 g/mol. The van der Waals surface area contributed by atoms with Crippen LogP contribution in [-0.4, -0.2) is 49.3 Å². The number of aryl methyl sites for hydroxylation is 3. The van der Waals surface area contributed by atoms with Crippen molar-refractivity contribution < 1.29 is 14.0 Å². The van der Waals surface area contributed by atoms with Crippen LogP contribution in [0.3, 0.4) is 0 Å². The second kappa shape index (κ2) is 13.1. The number of carbonyl (C=O) groups is 2. The van der Waals surface area contributed by atoms with Crippen molar-refractivity contribution in [1.82, 2.24) is 30.0 Å². The van der Waals surface area contributed by atoms with Crippen LogP contribution in [0, 0.1) is 13.8 Å². The van der Waals surface area contributed by atoms with Crippen LogP contribution in [0.25, 0.3) is 11.0 Å². The van der Waals surface area contributed by atoms with Crippen molar-refractivity contribution in [2.45, 2.75) is 52.9 Å². The largest absolute Gasteiger partial charge is 0.366 e. The molecular formula is C33H35Cl2FN8O2. The minimum Gasteiger partial charge on any atom is -0.366 e. The Morgan fingerprint density at radius 2 is 1.78 bits per heavy atom. The zero-order chi connectivity index (χ0) is 33.3. The number of halogens is 3. The van der Waals surface area contributed by atoms with Gasteiger partial charge in [0.2, 0.25) is 0 Å². The van der Waals surface area contributed by atoms with E-state index in [1.165, 1.54) is 13.8 Å². The second-order valence-electron chi connectivity index (χ2n) is 11.8. The summed E-state index contributed by atoms with van der Waals surface area (Å²) in [6.45, 7) is 6.60. The van der Waals surface area contributed by atoms with Gasteiger partial charge in [-0.3, -0.25) is 14.7 Å². The summed E-state index contributed by atoms with van der Waals surface area (Å²) in [7, 11) is 3.76. The lowest BCUT2D eigenvalue weighted by molar-refractivity contribution is -0.130. The van der Waals surface area contributed by atoms with E-state index in [4.69, 9.17) is 28.2 Å². The third-order valence-corrected chi connectivity index (χ3v) is 8.48. The predicted molar refractivity (Wildman–Crippen MR) is 179 cm³/mol. The molecule has 0 saturated carbocycles. The number of hydrogen-bond acceptors (Lipinski definition) is 6. The van der Waals surface area contributed by atoms with Gasteiger partial charge in [0.1, 0.15) is 11.6 Å². The van der Waals surface area contributed by atoms with E-state index in [2.05, 4.69) is 25.8 Å². The lowest BCUT2D eigenvalue weighted by Gasteiger charge is -2.21. The maximum absolute atomic E-state index is 14.0. The Kier molecular flexibility index (Phi) is 9.37. The normalized spacial score (nSPS) is 11.6. The summed E-state index contributed by atoms with van der Waals surface area (Å²) < 4.78 is 16.0. The summed E-state index contributed by atoms with van der Waals surface area (Å²) in [4.78, 5) is 37.0. The SMILES string of the molecule is Cc1ccc(NC(=O)c2cc3nc(Cc4c(Cl)ccc(CNC(=O)C(C)(C)F)c4Cl)n(C)c3cc2N(C)Cc2n[nH]c(C)n2)cc1. The minimum absolute atomic E-state index is 0.0389. The molecule has 2 amide bonds. The molecule has 0 unspecified atom stereocenters. The fourth-order valence-corrected chi connectivity index (χ4v) is 5.58. The zero-order valence-electron chi connectivity index (χ0n) is 26.4. The van der Waals surface area contributed by atoms with Gasteiger partial charge in [-0.15, -0.1) is 0 Å². The maximum Gasteiger partial charge on any atom is 0.257 e. The van der Waals surface area contributed by atoms with Gasteiger partial charge in [-0.25, -0.2) is 14.4 Å². The lowest BCUT2D eigenvalue weighted by atomic mass is 10.1. The van der Waals surface area contributed by atoms with E-state index >= 15 is 0 Å². The van der Waals surface area contributed by atoms with Gasteiger partial charge in [-0.1, -0.05) is 47.0 Å². The number of H-pyrrole nitrogens is 1. The molecule has 0 radical (unpaired) electrons.